The monoisotopic (exact) mass is 406 g/mol. The Morgan fingerprint density at radius 2 is 1.80 bits per heavy atom. The summed E-state index contributed by atoms with van der Waals surface area (Å²) < 4.78 is 5.68. The summed E-state index contributed by atoms with van der Waals surface area (Å²) in [7, 11) is 1.65. The topological polar surface area (TPSA) is 54.4 Å². The number of ether oxygens (including phenoxy) is 1. The molecule has 3 aromatic rings. The lowest BCUT2D eigenvalue weighted by atomic mass is 9.81. The van der Waals surface area contributed by atoms with Gasteiger partial charge in [-0.2, -0.15) is 0 Å². The molecule has 2 aromatic carbocycles. The largest absolute Gasteiger partial charge is 0.496 e. The summed E-state index contributed by atoms with van der Waals surface area (Å²) in [6.07, 6.45) is 2.16. The van der Waals surface area contributed by atoms with Crippen LogP contribution in [-0.4, -0.2) is 30.3 Å². The molecule has 3 rings (SSSR count). The van der Waals surface area contributed by atoms with Gasteiger partial charge in [-0.3, -0.25) is 0 Å². The molecule has 0 bridgehead atoms. The minimum atomic E-state index is -1.32. The highest BCUT2D eigenvalue weighted by Crippen LogP contribution is 2.38. The normalized spacial score (nSPS) is 13.9. The molecule has 4 nitrogen and oxygen atoms in total. The van der Waals surface area contributed by atoms with E-state index in [1.807, 2.05) is 42.5 Å². The van der Waals surface area contributed by atoms with Crippen LogP contribution in [0.3, 0.4) is 0 Å². The molecule has 160 valence electrons. The number of aromatic nitrogens is 1. The van der Waals surface area contributed by atoms with E-state index in [1.165, 1.54) is 0 Å². The van der Waals surface area contributed by atoms with Crippen LogP contribution in [0.4, 0.5) is 0 Å². The Hall–Kier alpha value is -2.43. The van der Waals surface area contributed by atoms with Gasteiger partial charge in [0.15, 0.2) is 0 Å². The third-order valence-electron chi connectivity index (χ3n) is 5.62. The Morgan fingerprint density at radius 1 is 1.03 bits per heavy atom. The van der Waals surface area contributed by atoms with E-state index in [0.717, 1.165) is 41.4 Å². The van der Waals surface area contributed by atoms with E-state index in [-0.39, 0.29) is 5.41 Å². The van der Waals surface area contributed by atoms with Crippen molar-refractivity contribution in [1.82, 2.24) is 10.3 Å². The van der Waals surface area contributed by atoms with Gasteiger partial charge in [-0.25, -0.2) is 4.98 Å². The lowest BCUT2D eigenvalue weighted by molar-refractivity contribution is 0.0729. The molecule has 0 aliphatic carbocycles. The lowest BCUT2D eigenvalue weighted by Gasteiger charge is -2.32. The van der Waals surface area contributed by atoms with Gasteiger partial charge in [-0.1, -0.05) is 64.4 Å². The first-order valence-electron chi connectivity index (χ1n) is 10.8. The highest BCUT2D eigenvalue weighted by atomic mass is 16.5. The molecule has 30 heavy (non-hydrogen) atoms. The second-order valence-corrected chi connectivity index (χ2v) is 8.94. The summed E-state index contributed by atoms with van der Waals surface area (Å²) in [5, 5.41) is 16.6. The number of para-hydroxylation sites is 1. The van der Waals surface area contributed by atoms with Crippen LogP contribution >= 0.6 is 0 Å². The Kier molecular flexibility index (Phi) is 6.79. The number of unbranched alkanes of at least 4 members (excludes halogenated alkanes) is 1. The molecule has 0 radical (unpaired) electrons. The molecular formula is C26H34N2O2. The molecule has 0 saturated heterocycles. The Balaban J connectivity index is 2.16. The molecular weight excluding hydrogens is 372 g/mol. The van der Waals surface area contributed by atoms with Crippen molar-refractivity contribution in [2.24, 2.45) is 0 Å². The van der Waals surface area contributed by atoms with E-state index >= 15 is 0 Å². The van der Waals surface area contributed by atoms with Gasteiger partial charge in [0.05, 0.1) is 18.3 Å². The molecule has 1 atom stereocenters. The van der Waals surface area contributed by atoms with E-state index in [1.54, 1.807) is 7.11 Å². The van der Waals surface area contributed by atoms with Crippen molar-refractivity contribution in [2.45, 2.75) is 51.6 Å². The average molecular weight is 407 g/mol. The van der Waals surface area contributed by atoms with Crippen molar-refractivity contribution in [2.75, 3.05) is 20.2 Å². The van der Waals surface area contributed by atoms with Crippen LogP contribution in [0, 0.1) is 0 Å². The summed E-state index contributed by atoms with van der Waals surface area (Å²) in [5.74, 6) is 0.665. The van der Waals surface area contributed by atoms with E-state index in [9.17, 15) is 5.11 Å². The highest BCUT2D eigenvalue weighted by Gasteiger charge is 2.36. The quantitative estimate of drug-likeness (QED) is 0.507. The standard InChI is InChI=1S/C26H34N2O2/c1-6-7-16-27-18-26(29,24-15-12-19-10-8-9-11-22(19)28-24)21-17-20(25(2,3)4)13-14-23(21)30-5/h8-15,17,27,29H,6-7,16,18H2,1-5H3. The maximum atomic E-state index is 12.1. The zero-order chi connectivity index (χ0) is 21.8. The van der Waals surface area contributed by atoms with Crippen molar-refractivity contribution in [1.29, 1.82) is 0 Å². The molecule has 0 spiro atoms. The summed E-state index contributed by atoms with van der Waals surface area (Å²) in [4.78, 5) is 4.84. The Morgan fingerprint density at radius 3 is 2.50 bits per heavy atom. The highest BCUT2D eigenvalue weighted by molar-refractivity contribution is 5.78. The zero-order valence-corrected chi connectivity index (χ0v) is 18.8. The van der Waals surface area contributed by atoms with E-state index in [4.69, 9.17) is 9.72 Å². The third-order valence-corrected chi connectivity index (χ3v) is 5.62. The van der Waals surface area contributed by atoms with Gasteiger partial charge in [0.1, 0.15) is 11.4 Å². The first kappa shape index (κ1) is 22.3. The Bertz CT molecular complexity index is 994. The van der Waals surface area contributed by atoms with Gasteiger partial charge in [0.25, 0.3) is 0 Å². The number of rotatable bonds is 8. The SMILES string of the molecule is CCCCNCC(O)(c1ccc2ccccc2n1)c1cc(C(C)(C)C)ccc1OC. The second-order valence-electron chi connectivity index (χ2n) is 8.94. The fourth-order valence-electron chi connectivity index (χ4n) is 3.69. The van der Waals surface area contributed by atoms with Gasteiger partial charge < -0.3 is 15.2 Å². The number of pyridine rings is 1. The van der Waals surface area contributed by atoms with E-state index in [2.05, 4.69) is 45.1 Å². The predicted molar refractivity (Wildman–Crippen MR) is 124 cm³/mol. The van der Waals surface area contributed by atoms with Gasteiger partial charge in [-0.15, -0.1) is 0 Å². The molecule has 4 heteroatoms. The molecule has 1 heterocycles. The minimum Gasteiger partial charge on any atom is -0.496 e. The van der Waals surface area contributed by atoms with Gasteiger partial charge in [0, 0.05) is 17.5 Å². The fraction of sp³-hybridized carbons (Fsp3) is 0.423. The van der Waals surface area contributed by atoms with Crippen LogP contribution in [0.2, 0.25) is 0 Å². The maximum Gasteiger partial charge on any atom is 0.147 e. The van der Waals surface area contributed by atoms with Crippen LogP contribution < -0.4 is 10.1 Å². The van der Waals surface area contributed by atoms with Crippen LogP contribution in [0.25, 0.3) is 10.9 Å². The molecule has 1 unspecified atom stereocenters. The molecule has 0 aliphatic rings. The van der Waals surface area contributed by atoms with Gasteiger partial charge >= 0.3 is 0 Å². The average Bonchev–Trinajstić information content (AvgIpc) is 2.75. The smallest absolute Gasteiger partial charge is 0.147 e. The number of hydrogen-bond acceptors (Lipinski definition) is 4. The van der Waals surface area contributed by atoms with Gasteiger partial charge in [-0.05, 0) is 48.2 Å². The van der Waals surface area contributed by atoms with Crippen LogP contribution in [-0.2, 0) is 11.0 Å². The first-order chi connectivity index (χ1) is 14.3. The zero-order valence-electron chi connectivity index (χ0n) is 18.8. The number of methoxy groups -OCH3 is 1. The van der Waals surface area contributed by atoms with Crippen molar-refractivity contribution in [3.63, 3.8) is 0 Å². The lowest BCUT2D eigenvalue weighted by Crippen LogP contribution is -2.41. The number of benzene rings is 2. The molecule has 0 saturated carbocycles. The van der Waals surface area contributed by atoms with E-state index in [0.29, 0.717) is 18.0 Å². The molecule has 0 aliphatic heterocycles. The van der Waals surface area contributed by atoms with Crippen LogP contribution in [0.5, 0.6) is 5.75 Å². The minimum absolute atomic E-state index is 0.0472. The number of aliphatic hydroxyl groups is 1. The number of nitrogens with one attached hydrogen (secondary N) is 1. The van der Waals surface area contributed by atoms with Crippen molar-refractivity contribution >= 4 is 10.9 Å². The number of fused-ring (bicyclic) bond motifs is 1. The summed E-state index contributed by atoms with van der Waals surface area (Å²) in [6, 6.07) is 18.0. The third kappa shape index (κ3) is 4.66. The molecule has 2 N–H and O–H groups in total. The second kappa shape index (κ2) is 9.15. The van der Waals surface area contributed by atoms with Crippen molar-refractivity contribution in [3.05, 3.63) is 71.4 Å². The first-order valence-corrected chi connectivity index (χ1v) is 10.8. The van der Waals surface area contributed by atoms with Crippen molar-refractivity contribution < 1.29 is 9.84 Å². The number of nitrogens with zero attached hydrogens (tertiary/aromatic N) is 1. The fourth-order valence-corrected chi connectivity index (χ4v) is 3.69. The van der Waals surface area contributed by atoms with E-state index < -0.39 is 5.60 Å². The summed E-state index contributed by atoms with van der Waals surface area (Å²) in [5.41, 5.74) is 2.01. The maximum absolute atomic E-state index is 12.1. The predicted octanol–water partition coefficient (Wildman–Crippen LogP) is 5.17. The molecule has 0 amide bonds. The Labute approximate surface area is 180 Å². The van der Waals surface area contributed by atoms with Crippen LogP contribution in [0.15, 0.2) is 54.6 Å². The van der Waals surface area contributed by atoms with Gasteiger partial charge in [0.2, 0.25) is 0 Å². The summed E-state index contributed by atoms with van der Waals surface area (Å²) in [6.45, 7) is 9.88. The van der Waals surface area contributed by atoms with Crippen molar-refractivity contribution in [3.8, 4) is 5.75 Å². The summed E-state index contributed by atoms with van der Waals surface area (Å²) >= 11 is 0. The van der Waals surface area contributed by atoms with Crippen LogP contribution in [0.1, 0.15) is 57.4 Å². The number of hydrogen-bond donors (Lipinski definition) is 2. The molecule has 1 aromatic heterocycles. The molecule has 0 fully saturated rings.